The minimum Gasteiger partial charge on any atom is -0.383 e. The molecular formula is C7H14FNO. The average molecular weight is 147 g/mol. The van der Waals surface area contributed by atoms with E-state index >= 15 is 0 Å². The Morgan fingerprint density at radius 2 is 2.40 bits per heavy atom. The van der Waals surface area contributed by atoms with Crippen LogP contribution in [0, 0.1) is 0 Å². The van der Waals surface area contributed by atoms with Gasteiger partial charge in [0.05, 0.1) is 12.6 Å². The van der Waals surface area contributed by atoms with Gasteiger partial charge in [0.1, 0.15) is 6.67 Å². The summed E-state index contributed by atoms with van der Waals surface area (Å²) in [6.07, 6.45) is 2.39. The van der Waals surface area contributed by atoms with Gasteiger partial charge in [-0.3, -0.25) is 0 Å². The molecule has 1 aliphatic carbocycles. The summed E-state index contributed by atoms with van der Waals surface area (Å²) >= 11 is 0. The van der Waals surface area contributed by atoms with Crippen LogP contribution in [0.5, 0.6) is 0 Å². The minimum atomic E-state index is -0.329. The van der Waals surface area contributed by atoms with Crippen molar-refractivity contribution in [3.05, 3.63) is 0 Å². The summed E-state index contributed by atoms with van der Waals surface area (Å²) in [6, 6.07) is 0.480. The maximum Gasteiger partial charge on any atom is 0.107 e. The van der Waals surface area contributed by atoms with Crippen LogP contribution in [0.2, 0.25) is 0 Å². The van der Waals surface area contributed by atoms with Gasteiger partial charge in [0.2, 0.25) is 0 Å². The van der Waals surface area contributed by atoms with E-state index in [9.17, 15) is 4.39 Å². The molecular weight excluding hydrogens is 133 g/mol. The highest BCUT2D eigenvalue weighted by Crippen LogP contribution is 2.19. The van der Waals surface area contributed by atoms with Gasteiger partial charge in [-0.2, -0.15) is 0 Å². The first-order valence-corrected chi connectivity index (χ1v) is 3.67. The fourth-order valence-corrected chi connectivity index (χ4v) is 0.922. The second-order valence-corrected chi connectivity index (χ2v) is 2.75. The highest BCUT2D eigenvalue weighted by atomic mass is 19.1. The number of methoxy groups -OCH3 is 1. The zero-order chi connectivity index (χ0) is 7.40. The fourth-order valence-electron chi connectivity index (χ4n) is 0.922. The van der Waals surface area contributed by atoms with E-state index in [1.54, 1.807) is 7.11 Å². The SMILES string of the molecule is COCC(CF)NC1CC1. The normalized spacial score (nSPS) is 21.0. The van der Waals surface area contributed by atoms with Gasteiger partial charge in [-0.05, 0) is 12.8 Å². The monoisotopic (exact) mass is 147 g/mol. The highest BCUT2D eigenvalue weighted by Gasteiger charge is 2.24. The Morgan fingerprint density at radius 3 is 2.80 bits per heavy atom. The van der Waals surface area contributed by atoms with Crippen LogP contribution in [0.15, 0.2) is 0 Å². The zero-order valence-electron chi connectivity index (χ0n) is 6.27. The standard InChI is InChI=1S/C7H14FNO/c1-10-5-7(4-8)9-6-2-3-6/h6-7,9H,2-5H2,1H3. The maximum atomic E-state index is 12.1. The van der Waals surface area contributed by atoms with E-state index in [-0.39, 0.29) is 12.7 Å². The molecule has 0 aromatic heterocycles. The van der Waals surface area contributed by atoms with Crippen molar-refractivity contribution in [1.82, 2.24) is 5.32 Å². The van der Waals surface area contributed by atoms with Gasteiger partial charge in [0.25, 0.3) is 0 Å². The van der Waals surface area contributed by atoms with E-state index in [0.717, 1.165) is 0 Å². The number of halogens is 1. The second kappa shape index (κ2) is 3.88. The summed E-state index contributed by atoms with van der Waals surface area (Å²) in [5.74, 6) is 0. The van der Waals surface area contributed by atoms with Crippen LogP contribution in [-0.4, -0.2) is 32.5 Å². The van der Waals surface area contributed by atoms with Crippen LogP contribution in [-0.2, 0) is 4.74 Å². The van der Waals surface area contributed by atoms with E-state index in [1.807, 2.05) is 0 Å². The third-order valence-electron chi connectivity index (χ3n) is 1.60. The van der Waals surface area contributed by atoms with Crippen molar-refractivity contribution in [2.75, 3.05) is 20.4 Å². The fraction of sp³-hybridized carbons (Fsp3) is 1.00. The first kappa shape index (κ1) is 7.95. The molecule has 1 fully saturated rings. The molecule has 1 N–H and O–H groups in total. The molecule has 3 heteroatoms. The van der Waals surface area contributed by atoms with Gasteiger partial charge >= 0.3 is 0 Å². The van der Waals surface area contributed by atoms with Crippen LogP contribution in [0.4, 0.5) is 4.39 Å². The quantitative estimate of drug-likeness (QED) is 0.618. The molecule has 0 bridgehead atoms. The van der Waals surface area contributed by atoms with E-state index in [1.165, 1.54) is 12.8 Å². The molecule has 0 radical (unpaired) electrons. The molecule has 2 nitrogen and oxygen atoms in total. The lowest BCUT2D eigenvalue weighted by Crippen LogP contribution is -2.36. The Labute approximate surface area is 60.8 Å². The smallest absolute Gasteiger partial charge is 0.107 e. The Hall–Kier alpha value is -0.150. The van der Waals surface area contributed by atoms with Crippen LogP contribution in [0.25, 0.3) is 0 Å². The third kappa shape index (κ3) is 2.62. The van der Waals surface area contributed by atoms with E-state index < -0.39 is 0 Å². The molecule has 1 aliphatic rings. The molecule has 0 spiro atoms. The number of hydrogen-bond acceptors (Lipinski definition) is 2. The molecule has 1 saturated carbocycles. The topological polar surface area (TPSA) is 21.3 Å². The van der Waals surface area contributed by atoms with Crippen LogP contribution in [0.3, 0.4) is 0 Å². The average Bonchev–Trinajstić information content (AvgIpc) is 2.71. The molecule has 1 atom stereocenters. The predicted octanol–water partition coefficient (Wildman–Crippen LogP) is 0.723. The molecule has 0 aromatic carbocycles. The molecule has 60 valence electrons. The lowest BCUT2D eigenvalue weighted by molar-refractivity contribution is 0.152. The Kier molecular flexibility index (Phi) is 3.09. The molecule has 0 saturated heterocycles. The number of alkyl halides is 1. The van der Waals surface area contributed by atoms with Crippen molar-refractivity contribution in [2.45, 2.75) is 24.9 Å². The van der Waals surface area contributed by atoms with Gasteiger partial charge in [-0.25, -0.2) is 4.39 Å². The van der Waals surface area contributed by atoms with Crippen LogP contribution in [0.1, 0.15) is 12.8 Å². The first-order chi connectivity index (χ1) is 4.86. The van der Waals surface area contributed by atoms with Gasteiger partial charge in [-0.1, -0.05) is 0 Å². The summed E-state index contributed by atoms with van der Waals surface area (Å²) < 4.78 is 16.9. The number of hydrogen-bond donors (Lipinski definition) is 1. The molecule has 0 amide bonds. The van der Waals surface area contributed by atoms with Crippen LogP contribution < -0.4 is 5.32 Å². The number of ether oxygens (including phenoxy) is 1. The van der Waals surface area contributed by atoms with Gasteiger partial charge < -0.3 is 10.1 Å². The Bertz CT molecular complexity index is 95.6. The maximum absolute atomic E-state index is 12.1. The van der Waals surface area contributed by atoms with Crippen molar-refractivity contribution >= 4 is 0 Å². The first-order valence-electron chi connectivity index (χ1n) is 3.67. The largest absolute Gasteiger partial charge is 0.383 e. The summed E-state index contributed by atoms with van der Waals surface area (Å²) in [5.41, 5.74) is 0. The van der Waals surface area contributed by atoms with Gasteiger partial charge in [0.15, 0.2) is 0 Å². The Balaban J connectivity index is 2.05. The van der Waals surface area contributed by atoms with Crippen molar-refractivity contribution in [3.8, 4) is 0 Å². The van der Waals surface area contributed by atoms with E-state index in [2.05, 4.69) is 5.32 Å². The second-order valence-electron chi connectivity index (χ2n) is 2.75. The van der Waals surface area contributed by atoms with Crippen molar-refractivity contribution in [2.24, 2.45) is 0 Å². The molecule has 0 aromatic rings. The summed E-state index contributed by atoms with van der Waals surface area (Å²) in [7, 11) is 1.59. The zero-order valence-corrected chi connectivity index (χ0v) is 6.27. The van der Waals surface area contributed by atoms with Gasteiger partial charge in [-0.15, -0.1) is 0 Å². The minimum absolute atomic E-state index is 0.0856. The Morgan fingerprint density at radius 1 is 1.70 bits per heavy atom. The van der Waals surface area contributed by atoms with Gasteiger partial charge in [0, 0.05) is 13.2 Å². The summed E-state index contributed by atoms with van der Waals surface area (Å²) in [6.45, 7) is 0.150. The lowest BCUT2D eigenvalue weighted by Gasteiger charge is -2.12. The number of nitrogens with one attached hydrogen (secondary N) is 1. The molecule has 1 rings (SSSR count). The van der Waals surface area contributed by atoms with Crippen molar-refractivity contribution in [3.63, 3.8) is 0 Å². The molecule has 10 heavy (non-hydrogen) atoms. The van der Waals surface area contributed by atoms with Crippen molar-refractivity contribution < 1.29 is 9.13 Å². The molecule has 0 heterocycles. The van der Waals surface area contributed by atoms with Crippen LogP contribution >= 0.6 is 0 Å². The highest BCUT2D eigenvalue weighted by molar-refractivity contribution is 4.84. The predicted molar refractivity (Wildman–Crippen MR) is 37.8 cm³/mol. The van der Waals surface area contributed by atoms with Crippen molar-refractivity contribution in [1.29, 1.82) is 0 Å². The summed E-state index contributed by atoms with van der Waals surface area (Å²) in [5, 5.41) is 3.14. The van der Waals surface area contributed by atoms with E-state index in [4.69, 9.17) is 4.74 Å². The number of rotatable bonds is 5. The lowest BCUT2D eigenvalue weighted by atomic mass is 10.3. The molecule has 0 aliphatic heterocycles. The van der Waals surface area contributed by atoms with E-state index in [0.29, 0.717) is 12.6 Å². The summed E-state index contributed by atoms with van der Waals surface area (Å²) in [4.78, 5) is 0. The molecule has 1 unspecified atom stereocenters. The third-order valence-corrected chi connectivity index (χ3v) is 1.60.